The van der Waals surface area contributed by atoms with Crippen LogP contribution in [0.5, 0.6) is 0 Å². The second-order valence-corrected chi connectivity index (χ2v) is 37.6. The molecule has 4 aliphatic rings. The van der Waals surface area contributed by atoms with Gasteiger partial charge in [-0.2, -0.15) is 20.4 Å². The smallest absolute Gasteiger partial charge is 0.258 e. The predicted octanol–water partition coefficient (Wildman–Crippen LogP) is 17.2. The Morgan fingerprint density at radius 2 is 0.608 bits per heavy atom. The maximum atomic E-state index is 12.8. The highest BCUT2D eigenvalue weighted by molar-refractivity contribution is 7.97. The Morgan fingerprint density at radius 3 is 0.862 bits per heavy atom. The van der Waals surface area contributed by atoms with E-state index in [9.17, 15) is 23.4 Å². The van der Waals surface area contributed by atoms with Crippen LogP contribution in [0.2, 0.25) is 35.2 Å². The molecular weight excluding hydrogens is 1810 g/mol. The van der Waals surface area contributed by atoms with Gasteiger partial charge in [0.25, 0.3) is 23.6 Å². The molecule has 130 heavy (non-hydrogen) atoms. The summed E-state index contributed by atoms with van der Waals surface area (Å²) in [6, 6.07) is 28.9. The molecule has 37 heteroatoms. The Morgan fingerprint density at radius 1 is 0.369 bits per heavy atom. The minimum Gasteiger partial charge on any atom is -0.322 e. The molecule has 12 heterocycles. The van der Waals surface area contributed by atoms with Gasteiger partial charge in [-0.15, -0.1) is 0 Å². The van der Waals surface area contributed by atoms with Crippen LogP contribution in [0.1, 0.15) is 120 Å². The molecule has 29 nitrogen and oxygen atoms in total. The monoisotopic (exact) mass is 1930 g/mol. The third-order valence-electron chi connectivity index (χ3n) is 23.1. The van der Waals surface area contributed by atoms with E-state index in [4.69, 9.17) is 81.2 Å². The Kier molecular flexibility index (Phi) is 38.3. The summed E-state index contributed by atoms with van der Waals surface area (Å²) < 4.78 is 21.6. The zero-order valence-corrected chi connectivity index (χ0v) is 78.7. The summed E-state index contributed by atoms with van der Waals surface area (Å²) in [5, 5.41) is 36.1. The van der Waals surface area contributed by atoms with Crippen molar-refractivity contribution in [1.82, 2.24) is 97.7 Å². The van der Waals surface area contributed by atoms with Crippen LogP contribution in [0.4, 0.5) is 22.7 Å². The van der Waals surface area contributed by atoms with Gasteiger partial charge in [0, 0.05) is 216 Å². The number of fused-ring (bicyclic) bond motifs is 4. The van der Waals surface area contributed by atoms with Crippen molar-refractivity contribution in [2.24, 2.45) is 0 Å². The summed E-state index contributed by atoms with van der Waals surface area (Å²) in [5.41, 5.74) is 10.8. The molecule has 4 aromatic carbocycles. The zero-order chi connectivity index (χ0) is 89.8. The van der Waals surface area contributed by atoms with Crippen molar-refractivity contribution < 1.29 is 23.4 Å². The van der Waals surface area contributed by atoms with Crippen molar-refractivity contribution in [3.63, 3.8) is 0 Å². The third-order valence-corrected chi connectivity index (χ3v) is 26.9. The highest BCUT2D eigenvalue weighted by Crippen LogP contribution is 2.35. The van der Waals surface area contributed by atoms with E-state index in [0.29, 0.717) is 121 Å². The first-order valence-corrected chi connectivity index (χ1v) is 46.9. The Labute approximate surface area is 799 Å². The number of hydrogen-bond acceptors (Lipinski definition) is 20. The number of halogens is 7. The van der Waals surface area contributed by atoms with Gasteiger partial charge >= 0.3 is 0 Å². The van der Waals surface area contributed by atoms with Crippen molar-refractivity contribution >= 4 is 187 Å². The van der Waals surface area contributed by atoms with E-state index < -0.39 is 9.71 Å². The number of likely N-dealkylation sites (N-methyl/N-ethyl adjacent to an activating group) is 2. The molecule has 4 fully saturated rings. The van der Waals surface area contributed by atoms with Crippen LogP contribution >= 0.6 is 81.2 Å². The standard InChI is InChI=1S/C23H28Cl2N6O.C23H29ClN6O2S.C22H26Cl2N6O.C21H24Cl2N6O.4CH4/c1-15(2)30-11-8-29(9-12-30)10-13-31-22-20(16(3)28-31)21(25)19(14-26-22)23(32)27-18-6-4-17(24)5-7-18;1-16-5-7-18(8-6-16)26-23(31)19-15-25-22-20(21(19)24)17(2)27-30(22)14-11-28-9-12-29(13-10-28)33(3,4)32;1-3-28-8-10-29(11-9-28)12-13-30-21-19(15(2)27-30)20(24)18(14-25-21)22(31)26-17-6-4-16(23)5-7-17;1-14-18-19(23)17(21(30)25-16-5-3-15(22)4-6-16)13-24-20(18)29(26-14)12-11-28-9-7-27(2)8-10-28;;;;/h4-7,14-15H,8-13H2,1-3H3,(H,27,32);5-8,15H,3,9-14H2,1-2,4H3,(H,26,31);4-7,14H,3,8-13H2,1-2H3,(H,26,31);3-6,13H,7-12H2,1-2H3,(H,25,30);4*1H4. The Balaban J connectivity index is 0.000000193. The molecule has 4 saturated heterocycles. The molecule has 12 aromatic rings. The van der Waals surface area contributed by atoms with Gasteiger partial charge in [0.05, 0.1) is 113 Å². The van der Waals surface area contributed by atoms with E-state index in [1.807, 2.05) is 81.9 Å². The number of rotatable bonds is 23. The van der Waals surface area contributed by atoms with Crippen molar-refractivity contribution in [2.75, 3.05) is 172 Å². The minimum absolute atomic E-state index is 0. The molecule has 0 spiro atoms. The second kappa shape index (κ2) is 47.6. The lowest BCUT2D eigenvalue weighted by Gasteiger charge is -2.36. The van der Waals surface area contributed by atoms with E-state index in [0.717, 1.165) is 202 Å². The summed E-state index contributed by atoms with van der Waals surface area (Å²) in [4.78, 5) is 86.2. The van der Waals surface area contributed by atoms with Gasteiger partial charge in [-0.05, 0) is 153 Å². The third kappa shape index (κ3) is 26.3. The normalized spacial score (nSPS) is 15.5. The summed E-state index contributed by atoms with van der Waals surface area (Å²) in [6.45, 7) is 39.7. The summed E-state index contributed by atoms with van der Waals surface area (Å²) in [6.07, 6.45) is 7.76. The number of amides is 4. The van der Waals surface area contributed by atoms with Crippen LogP contribution in [-0.2, 0) is 35.9 Å². The largest absolute Gasteiger partial charge is 0.322 e. The van der Waals surface area contributed by atoms with Gasteiger partial charge < -0.3 is 31.1 Å². The van der Waals surface area contributed by atoms with Crippen LogP contribution in [0.3, 0.4) is 0 Å². The quantitative estimate of drug-likeness (QED) is 0.0433. The lowest BCUT2D eigenvalue weighted by molar-refractivity contribution is 0.101. The van der Waals surface area contributed by atoms with Crippen molar-refractivity contribution in [3.8, 4) is 0 Å². The predicted molar refractivity (Wildman–Crippen MR) is 538 cm³/mol. The summed E-state index contributed by atoms with van der Waals surface area (Å²) in [7, 11) is -0.000932. The van der Waals surface area contributed by atoms with Crippen LogP contribution in [0, 0.1) is 34.6 Å². The molecule has 1 unspecified atom stereocenters. The number of anilines is 4. The fourth-order valence-electron chi connectivity index (χ4n) is 15.6. The molecule has 0 aliphatic carbocycles. The zero-order valence-electron chi connectivity index (χ0n) is 72.5. The fraction of sp³-hybridized carbons (Fsp3) is 0.430. The van der Waals surface area contributed by atoms with Gasteiger partial charge in [-0.1, -0.05) is 136 Å². The number of nitrogens with one attached hydrogen (secondary N) is 4. The number of piperazine rings is 4. The van der Waals surface area contributed by atoms with Crippen molar-refractivity contribution in [3.05, 3.63) is 208 Å². The Bertz CT molecular complexity index is 5960. The van der Waals surface area contributed by atoms with E-state index >= 15 is 0 Å². The van der Waals surface area contributed by atoms with E-state index in [1.165, 1.54) is 24.8 Å². The molecule has 0 bridgehead atoms. The minimum atomic E-state index is -2.15. The number of aryl methyl sites for hydroxylation is 5. The molecule has 8 aromatic heterocycles. The van der Waals surface area contributed by atoms with Crippen molar-refractivity contribution in [1.29, 1.82) is 0 Å². The topological polar surface area (TPSA) is 282 Å². The van der Waals surface area contributed by atoms with Gasteiger partial charge in [0.15, 0.2) is 22.6 Å². The first-order chi connectivity index (χ1) is 60.3. The molecule has 4 aliphatic heterocycles. The van der Waals surface area contributed by atoms with Crippen molar-refractivity contribution in [2.45, 2.75) is 117 Å². The molecule has 0 saturated carbocycles. The Hall–Kier alpha value is -9.03. The number of pyridine rings is 4. The second-order valence-electron chi connectivity index (χ2n) is 32.3. The number of carbonyl (C=O) groups excluding carboxylic acids is 4. The van der Waals surface area contributed by atoms with Gasteiger partial charge in [0.1, 0.15) is 0 Å². The number of hydrogen-bond donors (Lipinski definition) is 4. The number of carbonyl (C=O) groups is 4. The molecule has 4 amide bonds. The molecule has 0 radical (unpaired) electrons. The maximum Gasteiger partial charge on any atom is 0.258 e. The average Bonchev–Trinajstić information content (AvgIpc) is 1.63. The average molecular weight is 1940 g/mol. The fourth-order valence-corrected chi connectivity index (χ4v) is 18.3. The van der Waals surface area contributed by atoms with Crippen LogP contribution in [0.25, 0.3) is 44.1 Å². The highest BCUT2D eigenvalue weighted by atomic mass is 35.5. The first-order valence-electron chi connectivity index (χ1n) is 42.1. The summed E-state index contributed by atoms with van der Waals surface area (Å²) >= 11 is 44.3. The molecule has 1 atom stereocenters. The van der Waals surface area contributed by atoms with Crippen LogP contribution in [0.15, 0.2) is 122 Å². The van der Waals surface area contributed by atoms with E-state index in [-0.39, 0.29) is 53.3 Å². The highest BCUT2D eigenvalue weighted by Gasteiger charge is 2.29. The number of aromatic nitrogens is 12. The van der Waals surface area contributed by atoms with E-state index in [1.54, 1.807) is 79.1 Å². The van der Waals surface area contributed by atoms with E-state index in [2.05, 4.69) is 130 Å². The van der Waals surface area contributed by atoms with Gasteiger partial charge in [0.2, 0.25) is 0 Å². The van der Waals surface area contributed by atoms with Crippen LogP contribution in [-0.4, -0.2) is 288 Å². The van der Waals surface area contributed by atoms with Gasteiger partial charge in [-0.3, -0.25) is 47.9 Å². The molecular formula is C93H123Cl7N24O5S. The van der Waals surface area contributed by atoms with Crippen LogP contribution < -0.4 is 21.3 Å². The molecule has 4 N–H and O–H groups in total. The lowest BCUT2D eigenvalue weighted by atomic mass is 10.2. The molecule has 700 valence electrons. The maximum absolute atomic E-state index is 12.8. The lowest BCUT2D eigenvalue weighted by Crippen LogP contribution is -2.49. The number of benzene rings is 4. The SMILES string of the molecule is C.C.C.C.C=S(C)(=O)N1CCN(CCn2nc(C)c3c(Cl)c(C(=O)Nc4ccc(C)cc4)cnc32)CC1.CCN1CCN(CCn2nc(C)c3c(Cl)c(C(=O)Nc4ccc(Cl)cc4)cnc32)CC1.Cc1nn(CCN2CCN(C(C)C)CC2)c2ncc(C(=O)Nc3ccc(Cl)cc3)c(Cl)c12.Cc1nn(CCN2CCN(C)CC2)c2ncc(C(=O)Nc3ccc(Cl)cc3)c(Cl)c12. The molecule has 16 rings (SSSR count). The number of nitrogens with zero attached hydrogens (tertiary/aromatic N) is 20. The van der Waals surface area contributed by atoms with Gasteiger partial charge in [-0.25, -0.2) is 43.0 Å². The first kappa shape index (κ1) is 105. The summed E-state index contributed by atoms with van der Waals surface area (Å²) in [5.74, 6) is 2.52.